The number of halogens is 1. The van der Waals surface area contributed by atoms with E-state index in [0.717, 1.165) is 5.69 Å². The van der Waals surface area contributed by atoms with E-state index in [1.54, 1.807) is 54.7 Å². The third kappa shape index (κ3) is 4.22. The number of carbonyl (C=O) groups is 2. The minimum atomic E-state index is -0.932. The molecule has 0 radical (unpaired) electrons. The van der Waals surface area contributed by atoms with E-state index in [-0.39, 0.29) is 21.9 Å². The molecule has 2 heterocycles. The fourth-order valence-corrected chi connectivity index (χ4v) is 4.12. The van der Waals surface area contributed by atoms with Crippen LogP contribution in [0, 0.1) is 0 Å². The number of hydrogen-bond acceptors (Lipinski definition) is 6. The number of aliphatic hydroxyl groups excluding tert-OH is 1. The summed E-state index contributed by atoms with van der Waals surface area (Å²) in [6, 6.07) is 16.3. The van der Waals surface area contributed by atoms with Crippen LogP contribution >= 0.6 is 11.6 Å². The normalized spacial score (nSPS) is 17.2. The number of Topliss-reactive ketones (excluding diaryl/α,β-unsaturated/α-hetero) is 1. The fraction of sp³-hybridized carbons (Fsp3) is 0.192. The van der Waals surface area contributed by atoms with Crippen molar-refractivity contribution in [3.8, 4) is 5.75 Å². The molecule has 0 saturated carbocycles. The summed E-state index contributed by atoms with van der Waals surface area (Å²) >= 11 is 6.37. The molecule has 1 aliphatic heterocycles. The predicted octanol–water partition coefficient (Wildman–Crippen LogP) is 4.83. The Morgan fingerprint density at radius 3 is 2.47 bits per heavy atom. The molecule has 7 nitrogen and oxygen atoms in total. The van der Waals surface area contributed by atoms with Crippen LogP contribution in [0.5, 0.6) is 5.75 Å². The molecule has 34 heavy (non-hydrogen) atoms. The smallest absolute Gasteiger partial charge is 0.300 e. The van der Waals surface area contributed by atoms with E-state index >= 15 is 0 Å². The summed E-state index contributed by atoms with van der Waals surface area (Å²) < 4.78 is 5.52. The van der Waals surface area contributed by atoms with E-state index in [4.69, 9.17) is 16.3 Å². The number of benzene rings is 2. The van der Waals surface area contributed by atoms with Crippen LogP contribution in [0.25, 0.3) is 5.76 Å². The highest BCUT2D eigenvalue weighted by atomic mass is 35.5. The van der Waals surface area contributed by atoms with Gasteiger partial charge in [0.1, 0.15) is 17.6 Å². The second kappa shape index (κ2) is 9.57. The average molecular weight is 478 g/mol. The number of nitrogens with zero attached hydrogens (tertiary/aromatic N) is 3. The van der Waals surface area contributed by atoms with E-state index in [2.05, 4.69) is 4.98 Å². The Bertz CT molecular complexity index is 1260. The van der Waals surface area contributed by atoms with Crippen LogP contribution in [0.4, 0.5) is 11.4 Å². The molecule has 4 rings (SSSR count). The van der Waals surface area contributed by atoms with Crippen LogP contribution in [0.3, 0.4) is 0 Å². The number of amides is 1. The van der Waals surface area contributed by atoms with Crippen LogP contribution < -0.4 is 14.5 Å². The number of aromatic nitrogens is 1. The van der Waals surface area contributed by atoms with Crippen LogP contribution in [0.2, 0.25) is 5.02 Å². The maximum absolute atomic E-state index is 13.3. The number of anilines is 2. The molecule has 1 amide bonds. The molecule has 3 aromatic rings. The van der Waals surface area contributed by atoms with Gasteiger partial charge < -0.3 is 14.7 Å². The molecule has 0 aliphatic carbocycles. The second-order valence-corrected chi connectivity index (χ2v) is 8.32. The molecule has 1 fully saturated rings. The summed E-state index contributed by atoms with van der Waals surface area (Å²) in [5.41, 5.74) is 2.01. The van der Waals surface area contributed by atoms with Crippen LogP contribution in [0.15, 0.2) is 72.4 Å². The number of hydrogen-bond donors (Lipinski definition) is 1. The lowest BCUT2D eigenvalue weighted by Gasteiger charge is -2.25. The number of carbonyl (C=O) groups excluding carboxylic acids is 2. The van der Waals surface area contributed by atoms with E-state index < -0.39 is 17.7 Å². The zero-order chi connectivity index (χ0) is 24.4. The highest BCUT2D eigenvalue weighted by Gasteiger charge is 2.47. The Hall–Kier alpha value is -3.84. The Labute approximate surface area is 202 Å². The van der Waals surface area contributed by atoms with Crippen LogP contribution in [-0.2, 0) is 9.59 Å². The standard InChI is InChI=1S/C26H24ClN3O4/c1-4-34-18-12-13-20(27)19(15-18)24(31)22-23(21-7-5-6-14-28-21)30(26(33)25(22)32)17-10-8-16(9-11-17)29(2)3/h5-15,23,31H,4H2,1-3H3/b24-22+. The van der Waals surface area contributed by atoms with Crippen molar-refractivity contribution in [2.45, 2.75) is 13.0 Å². The fourth-order valence-electron chi connectivity index (χ4n) is 3.92. The van der Waals surface area contributed by atoms with Gasteiger partial charge in [0.05, 0.1) is 22.9 Å². The molecule has 2 aromatic carbocycles. The lowest BCUT2D eigenvalue weighted by atomic mass is 9.98. The molecule has 174 valence electrons. The minimum absolute atomic E-state index is 0.0871. The summed E-state index contributed by atoms with van der Waals surface area (Å²) in [4.78, 5) is 34.2. The summed E-state index contributed by atoms with van der Waals surface area (Å²) in [5, 5.41) is 11.5. The number of ketones is 1. The van der Waals surface area contributed by atoms with Gasteiger partial charge in [-0.05, 0) is 61.5 Å². The molecular formula is C26H24ClN3O4. The first-order valence-corrected chi connectivity index (χ1v) is 11.1. The van der Waals surface area contributed by atoms with Crippen molar-refractivity contribution in [3.63, 3.8) is 0 Å². The third-order valence-corrected chi connectivity index (χ3v) is 5.89. The first-order valence-electron chi connectivity index (χ1n) is 10.8. The Morgan fingerprint density at radius 1 is 1.12 bits per heavy atom. The van der Waals surface area contributed by atoms with Crippen molar-refractivity contribution in [1.82, 2.24) is 4.98 Å². The lowest BCUT2D eigenvalue weighted by molar-refractivity contribution is -0.132. The summed E-state index contributed by atoms with van der Waals surface area (Å²) in [6.07, 6.45) is 1.58. The molecule has 1 unspecified atom stereocenters. The monoisotopic (exact) mass is 477 g/mol. The molecule has 0 bridgehead atoms. The SMILES string of the molecule is CCOc1ccc(Cl)c(/C(O)=C2\C(=O)C(=O)N(c3ccc(N(C)C)cc3)C2c2ccccn2)c1. The molecular weight excluding hydrogens is 454 g/mol. The number of pyridine rings is 1. The predicted molar refractivity (Wildman–Crippen MR) is 132 cm³/mol. The van der Waals surface area contributed by atoms with E-state index in [1.165, 1.54) is 4.90 Å². The van der Waals surface area contributed by atoms with Crippen LogP contribution in [0.1, 0.15) is 24.2 Å². The largest absolute Gasteiger partial charge is 0.507 e. The molecule has 0 spiro atoms. The van der Waals surface area contributed by atoms with Crippen molar-refractivity contribution < 1.29 is 19.4 Å². The summed E-state index contributed by atoms with van der Waals surface area (Å²) in [5.74, 6) is -1.47. The van der Waals surface area contributed by atoms with Gasteiger partial charge in [0.15, 0.2) is 0 Å². The first kappa shape index (κ1) is 23.3. The highest BCUT2D eigenvalue weighted by Crippen LogP contribution is 2.43. The van der Waals surface area contributed by atoms with Gasteiger partial charge in [-0.15, -0.1) is 0 Å². The summed E-state index contributed by atoms with van der Waals surface area (Å²) in [6.45, 7) is 2.26. The van der Waals surface area contributed by atoms with Gasteiger partial charge in [0.2, 0.25) is 0 Å². The van der Waals surface area contributed by atoms with E-state index in [9.17, 15) is 14.7 Å². The number of ether oxygens (including phenoxy) is 1. The first-order chi connectivity index (χ1) is 16.3. The molecule has 1 saturated heterocycles. The van der Waals surface area contributed by atoms with Crippen LogP contribution in [-0.4, -0.2) is 42.5 Å². The van der Waals surface area contributed by atoms with Gasteiger partial charge in [-0.25, -0.2) is 0 Å². The van der Waals surface area contributed by atoms with Gasteiger partial charge in [-0.3, -0.25) is 19.5 Å². The maximum Gasteiger partial charge on any atom is 0.300 e. The second-order valence-electron chi connectivity index (χ2n) is 7.91. The maximum atomic E-state index is 13.3. The molecule has 1 aromatic heterocycles. The van der Waals surface area contributed by atoms with E-state index in [0.29, 0.717) is 23.7 Å². The molecule has 1 atom stereocenters. The molecule has 8 heteroatoms. The van der Waals surface area contributed by atoms with Gasteiger partial charge in [-0.1, -0.05) is 17.7 Å². The quantitative estimate of drug-likeness (QED) is 0.311. The Morgan fingerprint density at radius 2 is 1.85 bits per heavy atom. The van der Waals surface area contributed by atoms with Crippen molar-refractivity contribution in [2.75, 3.05) is 30.5 Å². The minimum Gasteiger partial charge on any atom is -0.507 e. The van der Waals surface area contributed by atoms with Crippen molar-refractivity contribution in [3.05, 3.63) is 88.7 Å². The number of rotatable bonds is 6. The van der Waals surface area contributed by atoms with Crippen molar-refractivity contribution >= 4 is 40.4 Å². The van der Waals surface area contributed by atoms with Gasteiger partial charge in [0, 0.05) is 37.2 Å². The van der Waals surface area contributed by atoms with Gasteiger partial charge in [0.25, 0.3) is 11.7 Å². The molecule has 1 N–H and O–H groups in total. The zero-order valence-corrected chi connectivity index (χ0v) is 19.8. The highest BCUT2D eigenvalue weighted by molar-refractivity contribution is 6.52. The van der Waals surface area contributed by atoms with Gasteiger partial charge >= 0.3 is 0 Å². The average Bonchev–Trinajstić information content (AvgIpc) is 3.11. The zero-order valence-electron chi connectivity index (χ0n) is 19.0. The Kier molecular flexibility index (Phi) is 6.56. The van der Waals surface area contributed by atoms with Crippen molar-refractivity contribution in [2.24, 2.45) is 0 Å². The number of aliphatic hydroxyl groups is 1. The lowest BCUT2D eigenvalue weighted by Crippen LogP contribution is -2.29. The Balaban J connectivity index is 1.91. The third-order valence-electron chi connectivity index (χ3n) is 5.56. The van der Waals surface area contributed by atoms with Gasteiger partial charge in [-0.2, -0.15) is 0 Å². The van der Waals surface area contributed by atoms with Crippen molar-refractivity contribution in [1.29, 1.82) is 0 Å². The molecule has 1 aliphatic rings. The topological polar surface area (TPSA) is 83.0 Å². The summed E-state index contributed by atoms with van der Waals surface area (Å²) in [7, 11) is 3.82. The van der Waals surface area contributed by atoms with E-state index in [1.807, 2.05) is 38.1 Å².